The molecule has 6 rings (SSSR count). The second-order valence-corrected chi connectivity index (χ2v) is 13.6. The molecular weight excluding hydrogens is 645 g/mol. The second-order valence-electron chi connectivity index (χ2n) is 13.6. The van der Waals surface area contributed by atoms with Gasteiger partial charge in [0.2, 0.25) is 5.91 Å². The van der Waals surface area contributed by atoms with Crippen molar-refractivity contribution in [2.24, 2.45) is 0 Å². The summed E-state index contributed by atoms with van der Waals surface area (Å²) in [7, 11) is 3.55. The molecule has 1 aliphatic heterocycles. The van der Waals surface area contributed by atoms with Gasteiger partial charge in [0.1, 0.15) is 35.6 Å². The molecule has 1 saturated carbocycles. The Kier molecular flexibility index (Phi) is 9.31. The number of carbonyl (C=O) groups is 2. The summed E-state index contributed by atoms with van der Waals surface area (Å²) in [4.78, 5) is 42.3. The second kappa shape index (κ2) is 13.4. The zero-order valence-electron chi connectivity index (χ0n) is 28.6. The monoisotopic (exact) mass is 684 g/mol. The summed E-state index contributed by atoms with van der Waals surface area (Å²) < 4.78 is 52.3. The third-order valence-electron chi connectivity index (χ3n) is 10.4. The van der Waals surface area contributed by atoms with Gasteiger partial charge in [-0.15, -0.1) is 6.42 Å². The maximum Gasteiger partial charge on any atom is 0.319 e. The average molecular weight is 685 g/mol. The Morgan fingerprint density at radius 3 is 2.62 bits per heavy atom. The molecule has 2 aliphatic rings. The molecule has 1 N–H and O–H groups in total. The molecule has 260 valence electrons. The van der Waals surface area contributed by atoms with Gasteiger partial charge in [0.25, 0.3) is 0 Å². The fourth-order valence-corrected chi connectivity index (χ4v) is 7.28. The number of benzene rings is 2. The van der Waals surface area contributed by atoms with Crippen molar-refractivity contribution < 1.29 is 27.5 Å². The molecule has 0 radical (unpaired) electrons. The molecule has 4 aromatic rings. The van der Waals surface area contributed by atoms with Crippen LogP contribution in [0, 0.1) is 24.0 Å². The third kappa shape index (κ3) is 6.15. The first kappa shape index (κ1) is 34.8. The molecular formula is C38H39F3N6O3. The molecule has 0 unspecified atom stereocenters. The van der Waals surface area contributed by atoms with Crippen LogP contribution in [0.1, 0.15) is 61.9 Å². The number of terminal acetylenes is 1. The lowest BCUT2D eigenvalue weighted by Crippen LogP contribution is -2.51. The van der Waals surface area contributed by atoms with Crippen molar-refractivity contribution in [2.45, 2.75) is 63.2 Å². The van der Waals surface area contributed by atoms with E-state index in [0.29, 0.717) is 5.39 Å². The zero-order chi connectivity index (χ0) is 36.0. The van der Waals surface area contributed by atoms with E-state index in [1.165, 1.54) is 37.4 Å². The number of hydrogen-bond donors (Lipinski definition) is 1. The Labute approximate surface area is 288 Å². The van der Waals surface area contributed by atoms with Gasteiger partial charge in [0.05, 0.1) is 22.0 Å². The minimum atomic E-state index is -1.02. The number of anilines is 1. The Bertz CT molecular complexity index is 2080. The number of fused-ring (bicyclic) bond motifs is 2. The predicted octanol–water partition coefficient (Wildman–Crippen LogP) is 6.49. The van der Waals surface area contributed by atoms with Crippen LogP contribution >= 0.6 is 0 Å². The molecule has 1 amide bonds. The largest absolute Gasteiger partial charge is 0.461 e. The smallest absolute Gasteiger partial charge is 0.319 e. The highest BCUT2D eigenvalue weighted by Gasteiger charge is 2.42. The fourth-order valence-electron chi connectivity index (χ4n) is 7.28. The van der Waals surface area contributed by atoms with E-state index in [4.69, 9.17) is 11.2 Å². The van der Waals surface area contributed by atoms with Crippen LogP contribution in [0.15, 0.2) is 43.1 Å². The first-order valence-corrected chi connectivity index (χ1v) is 16.5. The SMILES string of the molecule is C#Cc1c(F)ccc2cc(C(C)=O)cc(-c3ncc4c(NCC5(N(C)C(=O)C=C)CCCC5)nc(OC[C@]5(C)C[C@@H](F)CN5C)nc4c3F)c12. The molecule has 2 fully saturated rings. The van der Waals surface area contributed by atoms with Crippen molar-refractivity contribution in [2.75, 3.05) is 39.1 Å². The van der Waals surface area contributed by atoms with Gasteiger partial charge in [-0.1, -0.05) is 31.4 Å². The number of alkyl halides is 1. The molecule has 1 aliphatic carbocycles. The summed E-state index contributed by atoms with van der Waals surface area (Å²) in [5, 5.41) is 4.23. The van der Waals surface area contributed by atoms with Crippen LogP contribution in [0.5, 0.6) is 6.01 Å². The van der Waals surface area contributed by atoms with Crippen LogP contribution in [0.2, 0.25) is 0 Å². The topological polar surface area (TPSA) is 101 Å². The van der Waals surface area contributed by atoms with Gasteiger partial charge in [-0.2, -0.15) is 9.97 Å². The minimum Gasteiger partial charge on any atom is -0.461 e. The number of amides is 1. The number of ether oxygens (including phenoxy) is 1. The normalized spacial score (nSPS) is 20.2. The number of rotatable bonds is 10. The Hall–Kier alpha value is -5.02. The molecule has 2 aromatic carbocycles. The van der Waals surface area contributed by atoms with Crippen molar-refractivity contribution in [3.05, 3.63) is 65.9 Å². The van der Waals surface area contributed by atoms with E-state index in [1.54, 1.807) is 18.0 Å². The van der Waals surface area contributed by atoms with Gasteiger partial charge in [-0.25, -0.2) is 13.2 Å². The van der Waals surface area contributed by atoms with Crippen LogP contribution < -0.4 is 10.1 Å². The number of likely N-dealkylation sites (tertiary alicyclic amines) is 1. The Morgan fingerprint density at radius 2 is 1.98 bits per heavy atom. The molecule has 1 saturated heterocycles. The fraction of sp³-hybridized carbons (Fsp3) is 0.395. The number of hydrogen-bond acceptors (Lipinski definition) is 8. The molecule has 50 heavy (non-hydrogen) atoms. The number of aromatic nitrogens is 3. The maximum atomic E-state index is 16.9. The Morgan fingerprint density at radius 1 is 1.24 bits per heavy atom. The number of carbonyl (C=O) groups excluding carboxylic acids is 2. The van der Waals surface area contributed by atoms with Gasteiger partial charge in [0, 0.05) is 49.3 Å². The molecule has 2 aromatic heterocycles. The highest BCUT2D eigenvalue weighted by molar-refractivity contribution is 6.07. The molecule has 0 spiro atoms. The van der Waals surface area contributed by atoms with Crippen LogP contribution in [0.4, 0.5) is 19.0 Å². The average Bonchev–Trinajstić information content (AvgIpc) is 3.68. The highest BCUT2D eigenvalue weighted by Crippen LogP contribution is 2.39. The molecule has 3 heterocycles. The number of Topliss-reactive ketones (excluding diaryl/α,β-unsaturated/α-hetero) is 1. The standard InChI is InChI=1S/C38H39F3N6O3/c1-7-26-29(40)12-11-23-15-24(22(3)48)16-27(31(23)26)33-32(41)34-28(18-42-33)35(43-20-38(13-9-10-14-38)47(6)30(49)8-2)45-36(44-34)50-21-37(4)17-25(39)19-46(37)5/h1,8,11-12,15-16,18,25H,2,9-10,13-14,17,19-21H2,3-6H3,(H,43,44,45)/t25-,37+/m1/s1. The molecule has 2 atom stereocenters. The summed E-state index contributed by atoms with van der Waals surface area (Å²) in [5.41, 5.74) is -1.26. The Balaban J connectivity index is 1.50. The number of nitrogens with zero attached hydrogens (tertiary/aromatic N) is 5. The van der Waals surface area contributed by atoms with Crippen LogP contribution in [0.3, 0.4) is 0 Å². The van der Waals surface area contributed by atoms with Crippen molar-refractivity contribution >= 4 is 39.2 Å². The highest BCUT2D eigenvalue weighted by atomic mass is 19.1. The summed E-state index contributed by atoms with van der Waals surface area (Å²) >= 11 is 0. The summed E-state index contributed by atoms with van der Waals surface area (Å²) in [6, 6.07) is 5.55. The van der Waals surface area contributed by atoms with Crippen molar-refractivity contribution in [3.8, 4) is 29.6 Å². The predicted molar refractivity (Wildman–Crippen MR) is 187 cm³/mol. The van der Waals surface area contributed by atoms with E-state index < -0.39 is 28.9 Å². The number of halogens is 3. The van der Waals surface area contributed by atoms with E-state index in [2.05, 4.69) is 32.8 Å². The lowest BCUT2D eigenvalue weighted by molar-refractivity contribution is -0.129. The molecule has 12 heteroatoms. The lowest BCUT2D eigenvalue weighted by Gasteiger charge is -2.38. The summed E-state index contributed by atoms with van der Waals surface area (Å²) in [5.74, 6) is 0.540. The summed E-state index contributed by atoms with van der Waals surface area (Å²) in [6.07, 6.45) is 10.9. The first-order chi connectivity index (χ1) is 23.8. The number of ketones is 1. The molecule has 9 nitrogen and oxygen atoms in total. The van der Waals surface area contributed by atoms with E-state index in [9.17, 15) is 18.4 Å². The van der Waals surface area contributed by atoms with Crippen molar-refractivity contribution in [3.63, 3.8) is 0 Å². The van der Waals surface area contributed by atoms with Gasteiger partial charge >= 0.3 is 6.01 Å². The van der Waals surface area contributed by atoms with Gasteiger partial charge in [-0.3, -0.25) is 19.5 Å². The van der Waals surface area contributed by atoms with Gasteiger partial charge < -0.3 is 15.0 Å². The first-order valence-electron chi connectivity index (χ1n) is 16.5. The van der Waals surface area contributed by atoms with Crippen LogP contribution in [0.25, 0.3) is 32.9 Å². The quantitative estimate of drug-likeness (QED) is 0.115. The zero-order valence-corrected chi connectivity index (χ0v) is 28.6. The number of likely N-dealkylation sites (N-methyl/N-ethyl adjacent to an activating group) is 2. The maximum absolute atomic E-state index is 16.9. The van der Waals surface area contributed by atoms with Gasteiger partial charge in [-0.05, 0) is 63.4 Å². The van der Waals surface area contributed by atoms with E-state index in [-0.39, 0.29) is 88.3 Å². The summed E-state index contributed by atoms with van der Waals surface area (Å²) in [6.45, 7) is 7.47. The lowest BCUT2D eigenvalue weighted by atomic mass is 9.93. The van der Waals surface area contributed by atoms with E-state index in [1.807, 2.05) is 18.9 Å². The minimum absolute atomic E-state index is 0.0328. The molecule has 0 bridgehead atoms. The van der Waals surface area contributed by atoms with E-state index >= 15 is 4.39 Å². The van der Waals surface area contributed by atoms with Crippen molar-refractivity contribution in [1.82, 2.24) is 24.8 Å². The van der Waals surface area contributed by atoms with E-state index in [0.717, 1.165) is 25.7 Å². The third-order valence-corrected chi connectivity index (χ3v) is 10.4. The number of nitrogens with one attached hydrogen (secondary N) is 1. The number of pyridine rings is 1. The van der Waals surface area contributed by atoms with Crippen LogP contribution in [-0.2, 0) is 4.79 Å². The van der Waals surface area contributed by atoms with Crippen LogP contribution in [-0.4, -0.2) is 87.5 Å². The van der Waals surface area contributed by atoms with Crippen molar-refractivity contribution in [1.29, 1.82) is 0 Å². The van der Waals surface area contributed by atoms with Gasteiger partial charge in [0.15, 0.2) is 11.6 Å².